The van der Waals surface area contributed by atoms with Crippen molar-refractivity contribution in [3.63, 3.8) is 0 Å². The lowest BCUT2D eigenvalue weighted by Gasteiger charge is -2.15. The highest BCUT2D eigenvalue weighted by Crippen LogP contribution is 2.32. The smallest absolute Gasteiger partial charge is 0.196 e. The highest BCUT2D eigenvalue weighted by Gasteiger charge is 2.16. The van der Waals surface area contributed by atoms with Crippen LogP contribution in [0.3, 0.4) is 0 Å². The monoisotopic (exact) mass is 498 g/mol. The minimum atomic E-state index is 0. The molecule has 0 aliphatic carbocycles. The van der Waals surface area contributed by atoms with Crippen molar-refractivity contribution in [1.29, 1.82) is 0 Å². The van der Waals surface area contributed by atoms with Gasteiger partial charge in [0.05, 0.1) is 13.2 Å². The molecule has 2 aliphatic rings. The van der Waals surface area contributed by atoms with Crippen molar-refractivity contribution in [2.75, 3.05) is 25.1 Å². The van der Waals surface area contributed by atoms with Crippen molar-refractivity contribution >= 4 is 35.6 Å². The number of aliphatic imine (C=N–C) groups is 1. The molecule has 152 valence electrons. The molecule has 3 heterocycles. The minimum absolute atomic E-state index is 0. The molecular formula is C19H27IN6O2. The molecule has 2 aliphatic heterocycles. The van der Waals surface area contributed by atoms with Crippen LogP contribution in [-0.2, 0) is 19.5 Å². The summed E-state index contributed by atoms with van der Waals surface area (Å²) in [5.74, 6) is 4.25. The summed E-state index contributed by atoms with van der Waals surface area (Å²) >= 11 is 0. The zero-order valence-electron chi connectivity index (χ0n) is 16.1. The maximum atomic E-state index is 5.76. The first-order valence-corrected chi connectivity index (χ1v) is 9.69. The van der Waals surface area contributed by atoms with E-state index in [9.17, 15) is 0 Å². The number of ether oxygens (including phenoxy) is 2. The molecule has 28 heavy (non-hydrogen) atoms. The summed E-state index contributed by atoms with van der Waals surface area (Å²) in [4.78, 5) is 4.69. The predicted octanol–water partition coefficient (Wildman–Crippen LogP) is 2.97. The third kappa shape index (κ3) is 4.86. The van der Waals surface area contributed by atoms with E-state index in [0.29, 0.717) is 25.7 Å². The molecular weight excluding hydrogens is 471 g/mol. The first kappa shape index (κ1) is 20.7. The fraction of sp³-hybridized carbons (Fsp3) is 0.526. The second-order valence-corrected chi connectivity index (χ2v) is 6.67. The van der Waals surface area contributed by atoms with Crippen molar-refractivity contribution in [3.8, 4) is 11.5 Å². The zero-order valence-corrected chi connectivity index (χ0v) is 18.4. The lowest BCUT2D eigenvalue weighted by atomic mass is 10.2. The molecule has 2 N–H and O–H groups in total. The van der Waals surface area contributed by atoms with Crippen LogP contribution in [0.1, 0.15) is 37.8 Å². The molecule has 0 bridgehead atoms. The van der Waals surface area contributed by atoms with Gasteiger partial charge in [-0.05, 0) is 31.9 Å². The van der Waals surface area contributed by atoms with Crippen molar-refractivity contribution < 1.29 is 9.47 Å². The van der Waals surface area contributed by atoms with Crippen molar-refractivity contribution in [3.05, 3.63) is 29.8 Å². The van der Waals surface area contributed by atoms with Crippen molar-refractivity contribution in [2.24, 2.45) is 4.99 Å². The van der Waals surface area contributed by atoms with Gasteiger partial charge < -0.3 is 24.7 Å². The number of rotatable bonds is 4. The summed E-state index contributed by atoms with van der Waals surface area (Å²) in [5.41, 5.74) is 0.905. The number of guanidine groups is 1. The fourth-order valence-electron chi connectivity index (χ4n) is 3.32. The van der Waals surface area contributed by atoms with Gasteiger partial charge in [0.15, 0.2) is 23.3 Å². The van der Waals surface area contributed by atoms with Crippen molar-refractivity contribution in [2.45, 2.75) is 45.7 Å². The second-order valence-electron chi connectivity index (χ2n) is 6.67. The van der Waals surface area contributed by atoms with Gasteiger partial charge in [0.1, 0.15) is 12.4 Å². The molecule has 0 unspecified atom stereocenters. The number of aromatic nitrogens is 3. The molecule has 8 nitrogen and oxygen atoms in total. The number of nitrogens with zero attached hydrogens (tertiary/aromatic N) is 4. The van der Waals surface area contributed by atoms with Gasteiger partial charge >= 0.3 is 0 Å². The van der Waals surface area contributed by atoms with E-state index in [1.54, 1.807) is 0 Å². The lowest BCUT2D eigenvalue weighted by Crippen LogP contribution is -2.30. The van der Waals surface area contributed by atoms with Gasteiger partial charge in [0, 0.05) is 37.7 Å². The van der Waals surface area contributed by atoms with Crippen LogP contribution in [-0.4, -0.2) is 40.5 Å². The zero-order chi connectivity index (χ0) is 18.5. The van der Waals surface area contributed by atoms with Gasteiger partial charge in [0.2, 0.25) is 0 Å². The minimum Gasteiger partial charge on any atom is -0.490 e. The van der Waals surface area contributed by atoms with Gasteiger partial charge in [-0.1, -0.05) is 0 Å². The normalized spacial score (nSPS) is 15.8. The summed E-state index contributed by atoms with van der Waals surface area (Å²) in [7, 11) is 0. The van der Waals surface area contributed by atoms with E-state index in [-0.39, 0.29) is 24.0 Å². The third-order valence-corrected chi connectivity index (χ3v) is 4.67. The average Bonchev–Trinajstić information content (AvgIpc) is 2.95. The van der Waals surface area contributed by atoms with Crippen LogP contribution < -0.4 is 20.1 Å². The van der Waals surface area contributed by atoms with Crippen LogP contribution >= 0.6 is 24.0 Å². The molecule has 2 aromatic rings. The molecule has 0 atom stereocenters. The highest BCUT2D eigenvalue weighted by molar-refractivity contribution is 14.0. The van der Waals surface area contributed by atoms with Crippen LogP contribution in [0.2, 0.25) is 0 Å². The predicted molar refractivity (Wildman–Crippen MR) is 119 cm³/mol. The molecule has 0 radical (unpaired) electrons. The van der Waals surface area contributed by atoms with Gasteiger partial charge in [-0.3, -0.25) is 0 Å². The Kier molecular flexibility index (Phi) is 7.35. The third-order valence-electron chi connectivity index (χ3n) is 4.67. The Morgan fingerprint density at radius 1 is 1.14 bits per heavy atom. The van der Waals surface area contributed by atoms with E-state index in [2.05, 4.69) is 30.4 Å². The number of aryl methyl sites for hydroxylation is 1. The Labute approximate surface area is 182 Å². The number of fused-ring (bicyclic) bond motifs is 2. The summed E-state index contributed by atoms with van der Waals surface area (Å²) < 4.78 is 13.7. The topological polar surface area (TPSA) is 85.6 Å². The Morgan fingerprint density at radius 3 is 2.86 bits per heavy atom. The van der Waals surface area contributed by atoms with Gasteiger partial charge in [-0.2, -0.15) is 0 Å². The van der Waals surface area contributed by atoms with E-state index in [0.717, 1.165) is 54.8 Å². The second kappa shape index (κ2) is 9.94. The molecule has 0 fully saturated rings. The van der Waals surface area contributed by atoms with E-state index in [1.165, 1.54) is 12.8 Å². The Hall–Kier alpha value is -2.04. The number of anilines is 1. The van der Waals surface area contributed by atoms with Gasteiger partial charge in [0.25, 0.3) is 0 Å². The number of hydrogen-bond donors (Lipinski definition) is 2. The lowest BCUT2D eigenvalue weighted by molar-refractivity contribution is 0.297. The summed E-state index contributed by atoms with van der Waals surface area (Å²) in [6.07, 6.45) is 4.27. The van der Waals surface area contributed by atoms with Gasteiger partial charge in [-0.15, -0.1) is 34.2 Å². The number of nitrogens with one attached hydrogen (secondary N) is 2. The number of hydrogen-bond acceptors (Lipinski definition) is 5. The van der Waals surface area contributed by atoms with E-state index in [1.807, 2.05) is 25.1 Å². The van der Waals surface area contributed by atoms with Gasteiger partial charge in [-0.25, -0.2) is 4.99 Å². The quantitative estimate of drug-likeness (QED) is 0.383. The molecule has 0 spiro atoms. The molecule has 9 heteroatoms. The summed E-state index contributed by atoms with van der Waals surface area (Å²) in [6, 6.07) is 5.85. The molecule has 0 amide bonds. The Bertz CT molecular complexity index is 823. The molecule has 0 saturated heterocycles. The molecule has 1 aromatic heterocycles. The van der Waals surface area contributed by atoms with E-state index >= 15 is 0 Å². The average molecular weight is 498 g/mol. The fourth-order valence-corrected chi connectivity index (χ4v) is 3.32. The summed E-state index contributed by atoms with van der Waals surface area (Å²) in [5, 5.41) is 15.2. The number of benzene rings is 1. The van der Waals surface area contributed by atoms with Crippen molar-refractivity contribution in [1.82, 2.24) is 20.1 Å². The van der Waals surface area contributed by atoms with Crippen LogP contribution in [0.15, 0.2) is 23.2 Å². The van der Waals surface area contributed by atoms with Crippen LogP contribution in [0.4, 0.5) is 5.69 Å². The van der Waals surface area contributed by atoms with Crippen LogP contribution in [0.25, 0.3) is 0 Å². The number of halogens is 1. The standard InChI is InChI=1S/C19H26N6O2.HI/c1-2-20-19(21-13-18-24-23-17-6-3-4-9-25(17)18)22-14-7-8-15-16(12-14)27-11-5-10-26-15;/h7-8,12H,2-6,9-11,13H2,1H3,(H2,20,21,22);1H. The maximum Gasteiger partial charge on any atom is 0.196 e. The highest BCUT2D eigenvalue weighted by atomic mass is 127. The van der Waals surface area contributed by atoms with Crippen LogP contribution in [0.5, 0.6) is 11.5 Å². The Balaban J connectivity index is 0.00000225. The summed E-state index contributed by atoms with van der Waals surface area (Å²) in [6.45, 7) is 5.65. The van der Waals surface area contributed by atoms with E-state index in [4.69, 9.17) is 9.47 Å². The maximum absolute atomic E-state index is 5.76. The largest absolute Gasteiger partial charge is 0.490 e. The van der Waals surface area contributed by atoms with Crippen LogP contribution in [0, 0.1) is 0 Å². The molecule has 4 rings (SSSR count). The first-order valence-electron chi connectivity index (χ1n) is 9.69. The Morgan fingerprint density at radius 2 is 2.00 bits per heavy atom. The molecule has 0 saturated carbocycles. The van der Waals surface area contributed by atoms with E-state index < -0.39 is 0 Å². The SMILES string of the molecule is CCNC(=NCc1nnc2n1CCCC2)Nc1ccc2c(c1)OCCCO2.I. The first-order chi connectivity index (χ1) is 13.3. The molecule has 1 aromatic carbocycles.